The molecule has 1 aromatic rings. The van der Waals surface area contributed by atoms with E-state index in [0.29, 0.717) is 0 Å². The van der Waals surface area contributed by atoms with Gasteiger partial charge in [0.15, 0.2) is 0 Å². The van der Waals surface area contributed by atoms with Crippen molar-refractivity contribution in [2.75, 3.05) is 31.1 Å². The van der Waals surface area contributed by atoms with E-state index in [9.17, 15) is 9.59 Å². The van der Waals surface area contributed by atoms with Gasteiger partial charge in [0, 0.05) is 42.4 Å². The van der Waals surface area contributed by atoms with Gasteiger partial charge in [-0.05, 0) is 45.9 Å². The zero-order valence-electron chi connectivity index (χ0n) is 15.3. The van der Waals surface area contributed by atoms with Crippen LogP contribution in [0.4, 0.5) is 10.5 Å². The number of hydrogen-bond acceptors (Lipinski definition) is 4. The van der Waals surface area contributed by atoms with Crippen LogP contribution in [0.3, 0.4) is 0 Å². The number of urea groups is 1. The highest BCUT2D eigenvalue weighted by atomic mass is 35.5. The van der Waals surface area contributed by atoms with E-state index in [4.69, 9.17) is 11.6 Å². The van der Waals surface area contributed by atoms with Crippen LogP contribution in [-0.2, 0) is 4.79 Å². The molecular weight excluding hydrogens is 340 g/mol. The molecule has 138 valence electrons. The number of nitrogens with one attached hydrogen (secondary N) is 2. The van der Waals surface area contributed by atoms with Gasteiger partial charge in [0.1, 0.15) is 0 Å². The SMILES string of the molecule is C[C@H](C(=O)NC(=O)NC(C)(C)C)N1CCN(c2cccc(Cl)c2)CC1. The zero-order valence-corrected chi connectivity index (χ0v) is 16.1. The first-order chi connectivity index (χ1) is 11.7. The maximum atomic E-state index is 12.3. The van der Waals surface area contributed by atoms with E-state index in [1.165, 1.54) is 0 Å². The predicted molar refractivity (Wildman–Crippen MR) is 101 cm³/mol. The average Bonchev–Trinajstić information content (AvgIpc) is 2.52. The van der Waals surface area contributed by atoms with E-state index >= 15 is 0 Å². The first kappa shape index (κ1) is 19.5. The molecule has 0 radical (unpaired) electrons. The summed E-state index contributed by atoms with van der Waals surface area (Å²) in [6.45, 7) is 10.6. The van der Waals surface area contributed by atoms with Gasteiger partial charge in [0.25, 0.3) is 0 Å². The molecule has 2 rings (SSSR count). The van der Waals surface area contributed by atoms with Crippen LogP contribution in [0.5, 0.6) is 0 Å². The predicted octanol–water partition coefficient (Wildman–Crippen LogP) is 2.47. The Morgan fingerprint density at radius 3 is 2.36 bits per heavy atom. The maximum absolute atomic E-state index is 12.3. The van der Waals surface area contributed by atoms with Gasteiger partial charge in [0.05, 0.1) is 6.04 Å². The van der Waals surface area contributed by atoms with Crippen LogP contribution in [0, 0.1) is 0 Å². The monoisotopic (exact) mass is 366 g/mol. The summed E-state index contributed by atoms with van der Waals surface area (Å²) in [6, 6.07) is 6.97. The Morgan fingerprint density at radius 1 is 1.16 bits per heavy atom. The van der Waals surface area contributed by atoms with Gasteiger partial charge < -0.3 is 10.2 Å². The Morgan fingerprint density at radius 2 is 1.80 bits per heavy atom. The molecule has 0 unspecified atom stereocenters. The number of rotatable bonds is 3. The second-order valence-corrected chi connectivity index (χ2v) is 7.81. The first-order valence-corrected chi connectivity index (χ1v) is 8.91. The smallest absolute Gasteiger partial charge is 0.321 e. The molecule has 7 heteroatoms. The van der Waals surface area contributed by atoms with Gasteiger partial charge in [-0.15, -0.1) is 0 Å². The summed E-state index contributed by atoms with van der Waals surface area (Å²) < 4.78 is 0. The fraction of sp³-hybridized carbons (Fsp3) is 0.556. The molecule has 0 aromatic heterocycles. The first-order valence-electron chi connectivity index (χ1n) is 8.53. The summed E-state index contributed by atoms with van der Waals surface area (Å²) in [5, 5.41) is 5.87. The van der Waals surface area contributed by atoms with Crippen molar-refractivity contribution in [2.45, 2.75) is 39.3 Å². The lowest BCUT2D eigenvalue weighted by atomic mass is 10.1. The lowest BCUT2D eigenvalue weighted by Crippen LogP contribution is -2.56. The highest BCUT2D eigenvalue weighted by molar-refractivity contribution is 6.30. The zero-order chi connectivity index (χ0) is 18.6. The molecule has 1 saturated heterocycles. The molecule has 1 atom stereocenters. The van der Waals surface area contributed by atoms with E-state index < -0.39 is 6.03 Å². The molecule has 0 bridgehead atoms. The lowest BCUT2D eigenvalue weighted by molar-refractivity contribution is -0.124. The molecular formula is C18H27ClN4O2. The largest absolute Gasteiger partial charge is 0.369 e. The maximum Gasteiger partial charge on any atom is 0.321 e. The van der Waals surface area contributed by atoms with E-state index in [2.05, 4.69) is 20.4 Å². The van der Waals surface area contributed by atoms with Crippen molar-refractivity contribution >= 4 is 29.2 Å². The second-order valence-electron chi connectivity index (χ2n) is 7.37. The summed E-state index contributed by atoms with van der Waals surface area (Å²) in [5.74, 6) is -0.280. The number of carbonyl (C=O) groups excluding carboxylic acids is 2. The highest BCUT2D eigenvalue weighted by Crippen LogP contribution is 2.21. The third-order valence-corrected chi connectivity index (χ3v) is 4.38. The molecule has 1 aliphatic rings. The van der Waals surface area contributed by atoms with Crippen LogP contribution in [0.1, 0.15) is 27.7 Å². The van der Waals surface area contributed by atoms with Crippen LogP contribution in [-0.4, -0.2) is 54.6 Å². The number of hydrogen-bond donors (Lipinski definition) is 2. The Bertz CT molecular complexity index is 622. The summed E-state index contributed by atoms with van der Waals surface area (Å²) in [5.41, 5.74) is 0.713. The Balaban J connectivity index is 1.85. The van der Waals surface area contributed by atoms with Gasteiger partial charge >= 0.3 is 6.03 Å². The summed E-state index contributed by atoms with van der Waals surface area (Å²) >= 11 is 6.05. The number of piperazine rings is 1. The van der Waals surface area contributed by atoms with E-state index in [-0.39, 0.29) is 17.5 Å². The number of imide groups is 1. The van der Waals surface area contributed by atoms with Crippen molar-refractivity contribution in [1.82, 2.24) is 15.5 Å². The van der Waals surface area contributed by atoms with Crippen molar-refractivity contribution in [1.29, 1.82) is 0 Å². The lowest BCUT2D eigenvalue weighted by Gasteiger charge is -2.38. The Kier molecular flexibility index (Phi) is 6.30. The van der Waals surface area contributed by atoms with Crippen LogP contribution in [0.15, 0.2) is 24.3 Å². The van der Waals surface area contributed by atoms with Gasteiger partial charge in [-0.25, -0.2) is 4.79 Å². The Labute approximate surface area is 154 Å². The van der Waals surface area contributed by atoms with Gasteiger partial charge in [-0.3, -0.25) is 15.0 Å². The van der Waals surface area contributed by atoms with Crippen LogP contribution >= 0.6 is 11.6 Å². The highest BCUT2D eigenvalue weighted by Gasteiger charge is 2.27. The van der Waals surface area contributed by atoms with Gasteiger partial charge in [-0.1, -0.05) is 17.7 Å². The molecule has 25 heavy (non-hydrogen) atoms. The van der Waals surface area contributed by atoms with Crippen molar-refractivity contribution in [3.63, 3.8) is 0 Å². The minimum absolute atomic E-state index is 0.280. The number of amides is 3. The van der Waals surface area contributed by atoms with Gasteiger partial charge in [-0.2, -0.15) is 0 Å². The second kappa shape index (κ2) is 8.06. The third kappa shape index (κ3) is 5.90. The molecule has 0 spiro atoms. The van der Waals surface area contributed by atoms with Crippen LogP contribution in [0.25, 0.3) is 0 Å². The summed E-state index contributed by atoms with van der Waals surface area (Å²) in [6.07, 6.45) is 0. The Hall–Kier alpha value is -1.79. The van der Waals surface area contributed by atoms with Gasteiger partial charge in [0.2, 0.25) is 5.91 Å². The number of nitrogens with zero attached hydrogens (tertiary/aromatic N) is 2. The topological polar surface area (TPSA) is 64.7 Å². The number of benzene rings is 1. The van der Waals surface area contributed by atoms with Crippen molar-refractivity contribution in [3.8, 4) is 0 Å². The molecule has 0 saturated carbocycles. The molecule has 2 N–H and O–H groups in total. The van der Waals surface area contributed by atoms with Crippen molar-refractivity contribution in [3.05, 3.63) is 29.3 Å². The molecule has 1 fully saturated rings. The molecule has 1 aliphatic heterocycles. The van der Waals surface area contributed by atoms with Crippen LogP contribution < -0.4 is 15.5 Å². The minimum atomic E-state index is -0.457. The van der Waals surface area contributed by atoms with E-state index in [1.54, 1.807) is 0 Å². The van der Waals surface area contributed by atoms with E-state index in [1.807, 2.05) is 52.0 Å². The quantitative estimate of drug-likeness (QED) is 0.862. The number of halogens is 1. The third-order valence-electron chi connectivity index (χ3n) is 4.14. The minimum Gasteiger partial charge on any atom is -0.369 e. The van der Waals surface area contributed by atoms with Crippen LogP contribution in [0.2, 0.25) is 5.02 Å². The normalized spacial score (nSPS) is 17.1. The van der Waals surface area contributed by atoms with Crippen molar-refractivity contribution < 1.29 is 9.59 Å². The fourth-order valence-electron chi connectivity index (χ4n) is 2.79. The number of carbonyl (C=O) groups is 2. The summed E-state index contributed by atoms with van der Waals surface area (Å²) in [7, 11) is 0. The molecule has 6 nitrogen and oxygen atoms in total. The summed E-state index contributed by atoms with van der Waals surface area (Å²) in [4.78, 5) is 28.5. The molecule has 1 aromatic carbocycles. The van der Waals surface area contributed by atoms with E-state index in [0.717, 1.165) is 36.9 Å². The van der Waals surface area contributed by atoms with Crippen molar-refractivity contribution in [2.24, 2.45) is 0 Å². The number of anilines is 1. The fourth-order valence-corrected chi connectivity index (χ4v) is 2.98. The molecule has 3 amide bonds. The molecule has 0 aliphatic carbocycles. The standard InChI is InChI=1S/C18H27ClN4O2/c1-13(16(24)20-17(25)21-18(2,3)4)22-8-10-23(11-9-22)15-7-5-6-14(19)12-15/h5-7,12-13H,8-11H2,1-4H3,(H2,20,21,24,25)/t13-/m1/s1. The average molecular weight is 367 g/mol. The molecule has 1 heterocycles.